The van der Waals surface area contributed by atoms with Crippen LogP contribution in [0.2, 0.25) is 0 Å². The molecule has 4 heteroatoms. The monoisotopic (exact) mass is 286 g/mol. The fraction of sp³-hybridized carbons (Fsp3) is 0.600. The Balaban J connectivity index is 0.00000180. The Kier molecular flexibility index (Phi) is 6.76. The zero-order chi connectivity index (χ0) is 13.0. The number of halogens is 2. The summed E-state index contributed by atoms with van der Waals surface area (Å²) in [6.07, 6.45) is 2.23. The lowest BCUT2D eigenvalue weighted by molar-refractivity contribution is 0.164. The zero-order valence-corrected chi connectivity index (χ0v) is 12.6. The highest BCUT2D eigenvalue weighted by Gasteiger charge is 2.23. The van der Waals surface area contributed by atoms with Crippen LogP contribution in [0.25, 0.3) is 0 Å². The Bertz CT molecular complexity index is 392. The first-order chi connectivity index (χ1) is 8.74. The van der Waals surface area contributed by atoms with Crippen molar-refractivity contribution in [2.45, 2.75) is 32.7 Å². The van der Waals surface area contributed by atoms with E-state index in [0.29, 0.717) is 6.04 Å². The lowest BCUT2D eigenvalue weighted by atomic mass is 9.95. The summed E-state index contributed by atoms with van der Waals surface area (Å²) in [5, 5.41) is 3.37. The Morgan fingerprint density at radius 1 is 1.32 bits per heavy atom. The quantitative estimate of drug-likeness (QED) is 0.914. The maximum atomic E-state index is 13.7. The molecule has 1 fully saturated rings. The fourth-order valence-electron chi connectivity index (χ4n) is 2.79. The van der Waals surface area contributed by atoms with Gasteiger partial charge in [-0.25, -0.2) is 4.39 Å². The maximum absolute atomic E-state index is 13.7. The van der Waals surface area contributed by atoms with Gasteiger partial charge in [-0.15, -0.1) is 12.4 Å². The van der Waals surface area contributed by atoms with E-state index in [1.165, 1.54) is 5.56 Å². The van der Waals surface area contributed by atoms with Gasteiger partial charge in [0.05, 0.1) is 0 Å². The topological polar surface area (TPSA) is 15.3 Å². The maximum Gasteiger partial charge on any atom is 0.126 e. The highest BCUT2D eigenvalue weighted by Crippen LogP contribution is 2.29. The van der Waals surface area contributed by atoms with Crippen molar-refractivity contribution in [3.8, 4) is 0 Å². The molecule has 19 heavy (non-hydrogen) atoms. The molecular formula is C15H24ClFN2. The average Bonchev–Trinajstić information content (AvgIpc) is 2.41. The first-order valence-electron chi connectivity index (χ1n) is 6.93. The smallest absolute Gasteiger partial charge is 0.126 e. The molecule has 0 saturated carbocycles. The summed E-state index contributed by atoms with van der Waals surface area (Å²) < 4.78 is 13.7. The first-order valence-corrected chi connectivity index (χ1v) is 6.93. The van der Waals surface area contributed by atoms with Gasteiger partial charge in [0.25, 0.3) is 0 Å². The van der Waals surface area contributed by atoms with Gasteiger partial charge in [-0.2, -0.15) is 0 Å². The van der Waals surface area contributed by atoms with Crippen LogP contribution in [0.4, 0.5) is 4.39 Å². The lowest BCUT2D eigenvalue weighted by Gasteiger charge is -2.36. The van der Waals surface area contributed by atoms with Crippen molar-refractivity contribution >= 4 is 12.4 Å². The van der Waals surface area contributed by atoms with E-state index in [-0.39, 0.29) is 18.2 Å². The van der Waals surface area contributed by atoms with Crippen LogP contribution < -0.4 is 5.32 Å². The van der Waals surface area contributed by atoms with Gasteiger partial charge in [0.2, 0.25) is 0 Å². The van der Waals surface area contributed by atoms with E-state index in [0.717, 1.165) is 44.6 Å². The minimum Gasteiger partial charge on any atom is -0.314 e. The molecule has 1 aromatic carbocycles. The molecule has 0 radical (unpaired) electrons. The molecule has 0 unspecified atom stereocenters. The van der Waals surface area contributed by atoms with Crippen molar-refractivity contribution in [1.29, 1.82) is 0 Å². The summed E-state index contributed by atoms with van der Waals surface area (Å²) >= 11 is 0. The second-order valence-electron chi connectivity index (χ2n) is 5.04. The van der Waals surface area contributed by atoms with Gasteiger partial charge in [0, 0.05) is 32.2 Å². The van der Waals surface area contributed by atoms with Gasteiger partial charge in [-0.1, -0.05) is 25.5 Å². The van der Waals surface area contributed by atoms with E-state index in [1.807, 2.05) is 13.0 Å². The number of rotatable bonds is 4. The molecule has 1 atom stereocenters. The SMILES string of the molecule is CCC[C@H](c1cccc(F)c1C)N1CCNCC1.Cl. The van der Waals surface area contributed by atoms with Gasteiger partial charge in [0.1, 0.15) is 5.82 Å². The molecule has 0 amide bonds. The summed E-state index contributed by atoms with van der Waals surface area (Å²) in [5.74, 6) is -0.0799. The third kappa shape index (κ3) is 3.91. The summed E-state index contributed by atoms with van der Waals surface area (Å²) in [5.41, 5.74) is 1.98. The van der Waals surface area contributed by atoms with Crippen LogP contribution in [0.1, 0.15) is 36.9 Å². The predicted molar refractivity (Wildman–Crippen MR) is 80.5 cm³/mol. The van der Waals surface area contributed by atoms with Gasteiger partial charge < -0.3 is 5.32 Å². The molecular weight excluding hydrogens is 263 g/mol. The molecule has 2 nitrogen and oxygen atoms in total. The zero-order valence-electron chi connectivity index (χ0n) is 11.8. The molecule has 1 saturated heterocycles. The standard InChI is InChI=1S/C15H23FN2.ClH/c1-3-5-15(18-10-8-17-9-11-18)13-6-4-7-14(16)12(13)2;/h4,6-7,15,17H,3,5,8-11H2,1-2H3;1H/t15-;/m1./s1. The minimum atomic E-state index is -0.0799. The number of hydrogen-bond donors (Lipinski definition) is 1. The van der Waals surface area contributed by atoms with Crippen LogP contribution in [-0.4, -0.2) is 31.1 Å². The number of hydrogen-bond acceptors (Lipinski definition) is 2. The minimum absolute atomic E-state index is 0. The van der Waals surface area contributed by atoms with Crippen molar-refractivity contribution in [3.05, 3.63) is 35.1 Å². The molecule has 0 bridgehead atoms. The van der Waals surface area contributed by atoms with Crippen LogP contribution in [0.5, 0.6) is 0 Å². The van der Waals surface area contributed by atoms with Crippen LogP contribution in [0.3, 0.4) is 0 Å². The number of nitrogens with zero attached hydrogens (tertiary/aromatic N) is 1. The van der Waals surface area contributed by atoms with Crippen molar-refractivity contribution in [3.63, 3.8) is 0 Å². The highest BCUT2D eigenvalue weighted by molar-refractivity contribution is 5.85. The predicted octanol–water partition coefficient (Wildman–Crippen LogP) is 3.30. The molecule has 1 aliphatic rings. The second kappa shape index (κ2) is 7.83. The van der Waals surface area contributed by atoms with Crippen molar-refractivity contribution in [2.24, 2.45) is 0 Å². The van der Waals surface area contributed by atoms with Gasteiger partial charge >= 0.3 is 0 Å². The number of benzene rings is 1. The Morgan fingerprint density at radius 3 is 2.63 bits per heavy atom. The van der Waals surface area contributed by atoms with E-state index in [1.54, 1.807) is 6.07 Å². The van der Waals surface area contributed by atoms with E-state index >= 15 is 0 Å². The molecule has 0 aliphatic carbocycles. The summed E-state index contributed by atoms with van der Waals surface area (Å²) in [4.78, 5) is 2.49. The second-order valence-corrected chi connectivity index (χ2v) is 5.04. The van der Waals surface area contributed by atoms with Crippen molar-refractivity contribution in [2.75, 3.05) is 26.2 Å². The normalized spacial score (nSPS) is 17.8. The molecule has 2 rings (SSSR count). The van der Waals surface area contributed by atoms with Crippen molar-refractivity contribution < 1.29 is 4.39 Å². The van der Waals surface area contributed by atoms with Crippen molar-refractivity contribution in [1.82, 2.24) is 10.2 Å². The summed E-state index contributed by atoms with van der Waals surface area (Å²) in [6, 6.07) is 5.84. The Labute approximate surface area is 121 Å². The van der Waals surface area contributed by atoms with Gasteiger partial charge in [0.15, 0.2) is 0 Å². The molecule has 1 aromatic rings. The van der Waals surface area contributed by atoms with Gasteiger partial charge in [-0.05, 0) is 30.5 Å². The first kappa shape index (κ1) is 16.4. The summed E-state index contributed by atoms with van der Waals surface area (Å²) in [7, 11) is 0. The molecule has 1 heterocycles. The van der Waals surface area contributed by atoms with Crippen LogP contribution in [0.15, 0.2) is 18.2 Å². The average molecular weight is 287 g/mol. The molecule has 1 aliphatic heterocycles. The molecule has 108 valence electrons. The number of piperazine rings is 1. The van der Waals surface area contributed by atoms with E-state index in [4.69, 9.17) is 0 Å². The molecule has 1 N–H and O–H groups in total. The molecule has 0 spiro atoms. The Morgan fingerprint density at radius 2 is 2.00 bits per heavy atom. The van der Waals surface area contributed by atoms with Crippen LogP contribution >= 0.6 is 12.4 Å². The highest BCUT2D eigenvalue weighted by atomic mass is 35.5. The third-order valence-corrected chi connectivity index (χ3v) is 3.82. The van der Waals surface area contributed by atoms with Gasteiger partial charge in [-0.3, -0.25) is 4.90 Å². The number of nitrogens with one attached hydrogen (secondary N) is 1. The van der Waals surface area contributed by atoms with Crippen LogP contribution in [0, 0.1) is 12.7 Å². The largest absolute Gasteiger partial charge is 0.314 e. The third-order valence-electron chi connectivity index (χ3n) is 3.82. The fourth-order valence-corrected chi connectivity index (χ4v) is 2.79. The Hall–Kier alpha value is -0.640. The van der Waals surface area contributed by atoms with E-state index in [2.05, 4.69) is 23.2 Å². The van der Waals surface area contributed by atoms with Crippen LogP contribution in [-0.2, 0) is 0 Å². The lowest BCUT2D eigenvalue weighted by Crippen LogP contribution is -2.45. The summed E-state index contributed by atoms with van der Waals surface area (Å²) in [6.45, 7) is 8.28. The van der Waals surface area contributed by atoms with E-state index < -0.39 is 0 Å². The molecule has 0 aromatic heterocycles. The van der Waals surface area contributed by atoms with E-state index in [9.17, 15) is 4.39 Å².